The van der Waals surface area contributed by atoms with E-state index < -0.39 is 6.04 Å². The van der Waals surface area contributed by atoms with Crippen LogP contribution in [0.3, 0.4) is 0 Å². The second kappa shape index (κ2) is 5.77. The Morgan fingerprint density at radius 3 is 2.67 bits per heavy atom. The van der Waals surface area contributed by atoms with Gasteiger partial charge in [-0.25, -0.2) is 0 Å². The zero-order chi connectivity index (χ0) is 16.8. The number of nitrogens with zero attached hydrogens (tertiary/aromatic N) is 2. The Balaban J connectivity index is 1.49. The largest absolute Gasteiger partial charge is 0.347 e. The number of piperazine rings is 1. The number of benzene rings is 1. The number of carbonyl (C=O) groups excluding carboxylic acids is 3. The molecule has 3 aliphatic heterocycles. The number of nitrogens with one attached hydrogen (secondary N) is 1. The van der Waals surface area contributed by atoms with Crippen LogP contribution in [0.25, 0.3) is 0 Å². The molecule has 24 heavy (non-hydrogen) atoms. The summed E-state index contributed by atoms with van der Waals surface area (Å²) in [4.78, 5) is 40.9. The highest BCUT2D eigenvalue weighted by Gasteiger charge is 2.51. The van der Waals surface area contributed by atoms with Gasteiger partial charge in [-0.15, -0.1) is 0 Å². The molecule has 3 amide bonds. The van der Waals surface area contributed by atoms with Gasteiger partial charge in [0.25, 0.3) is 5.91 Å². The summed E-state index contributed by atoms with van der Waals surface area (Å²) in [6, 6.07) is 5.86. The van der Waals surface area contributed by atoms with Crippen LogP contribution < -0.4 is 5.32 Å². The van der Waals surface area contributed by atoms with E-state index in [1.54, 1.807) is 34.1 Å². The second-order valence-electron chi connectivity index (χ2n) is 6.58. The minimum atomic E-state index is -0.441. The fourth-order valence-electron chi connectivity index (χ4n) is 4.00. The van der Waals surface area contributed by atoms with Crippen molar-refractivity contribution < 1.29 is 14.4 Å². The first-order chi connectivity index (χ1) is 11.6. The Morgan fingerprint density at radius 2 is 1.88 bits per heavy atom. The summed E-state index contributed by atoms with van der Waals surface area (Å²) in [5.74, 6) is -0.232. The lowest BCUT2D eigenvalue weighted by molar-refractivity contribution is -0.156. The molecule has 0 bridgehead atoms. The molecule has 3 heterocycles. The van der Waals surface area contributed by atoms with E-state index in [-0.39, 0.29) is 29.8 Å². The first-order valence-corrected chi connectivity index (χ1v) is 8.60. The van der Waals surface area contributed by atoms with Crippen molar-refractivity contribution in [2.24, 2.45) is 0 Å². The van der Waals surface area contributed by atoms with Crippen molar-refractivity contribution in [1.82, 2.24) is 15.1 Å². The van der Waals surface area contributed by atoms with Gasteiger partial charge in [0.2, 0.25) is 11.8 Å². The highest BCUT2D eigenvalue weighted by molar-refractivity contribution is 6.33. The second-order valence-corrected chi connectivity index (χ2v) is 6.99. The quantitative estimate of drug-likeness (QED) is 0.869. The fourth-order valence-corrected chi connectivity index (χ4v) is 4.22. The number of fused-ring (bicyclic) bond motifs is 2. The molecule has 0 spiro atoms. The molecule has 126 valence electrons. The normalized spacial score (nSPS) is 28.8. The third kappa shape index (κ3) is 2.36. The van der Waals surface area contributed by atoms with E-state index in [4.69, 9.17) is 11.6 Å². The highest BCUT2D eigenvalue weighted by atomic mass is 35.5. The van der Waals surface area contributed by atoms with E-state index in [1.165, 1.54) is 0 Å². The Kier molecular flexibility index (Phi) is 3.72. The van der Waals surface area contributed by atoms with Gasteiger partial charge in [0.15, 0.2) is 0 Å². The molecule has 1 N–H and O–H groups in total. The van der Waals surface area contributed by atoms with Crippen molar-refractivity contribution in [1.29, 1.82) is 0 Å². The van der Waals surface area contributed by atoms with Crippen LogP contribution in [0.4, 0.5) is 0 Å². The maximum Gasteiger partial charge on any atom is 0.253 e. The summed E-state index contributed by atoms with van der Waals surface area (Å²) in [7, 11) is 0. The molecule has 4 rings (SSSR count). The van der Waals surface area contributed by atoms with Crippen molar-refractivity contribution in [3.8, 4) is 0 Å². The molecule has 1 aromatic rings. The summed E-state index contributed by atoms with van der Waals surface area (Å²) in [5.41, 5.74) is 0.405. The number of halogens is 1. The van der Waals surface area contributed by atoms with E-state index in [0.29, 0.717) is 30.1 Å². The van der Waals surface area contributed by atoms with E-state index >= 15 is 0 Å². The molecule has 3 saturated heterocycles. The molecule has 0 aliphatic carbocycles. The van der Waals surface area contributed by atoms with Crippen molar-refractivity contribution in [3.63, 3.8) is 0 Å². The Bertz CT molecular complexity index is 693. The minimum absolute atomic E-state index is 0.0200. The van der Waals surface area contributed by atoms with Crippen molar-refractivity contribution in [2.45, 2.75) is 37.4 Å². The van der Waals surface area contributed by atoms with Gasteiger partial charge in [0.05, 0.1) is 10.6 Å². The average Bonchev–Trinajstić information content (AvgIpc) is 3.20. The SMILES string of the molecule is O=C(N[C@H]1C[C@H]2C(=O)N3CCC[C@@H]3C(=O)N2C1)c1ccccc1Cl. The first kappa shape index (κ1) is 15.4. The lowest BCUT2D eigenvalue weighted by Crippen LogP contribution is -2.60. The number of carbonyl (C=O) groups is 3. The monoisotopic (exact) mass is 347 g/mol. The molecule has 1 aromatic carbocycles. The van der Waals surface area contributed by atoms with Crippen LogP contribution in [-0.2, 0) is 9.59 Å². The molecule has 0 radical (unpaired) electrons. The van der Waals surface area contributed by atoms with Gasteiger partial charge < -0.3 is 15.1 Å². The van der Waals surface area contributed by atoms with E-state index in [1.807, 2.05) is 0 Å². The highest BCUT2D eigenvalue weighted by Crippen LogP contribution is 2.32. The zero-order valence-corrected chi connectivity index (χ0v) is 13.8. The van der Waals surface area contributed by atoms with Crippen molar-refractivity contribution in [3.05, 3.63) is 34.9 Å². The maximum absolute atomic E-state index is 12.6. The summed E-state index contributed by atoms with van der Waals surface area (Å²) >= 11 is 6.05. The lowest BCUT2D eigenvalue weighted by atomic mass is 10.1. The van der Waals surface area contributed by atoms with Gasteiger partial charge in [-0.3, -0.25) is 14.4 Å². The van der Waals surface area contributed by atoms with E-state index in [2.05, 4.69) is 5.32 Å². The zero-order valence-electron chi connectivity index (χ0n) is 13.1. The number of amides is 3. The van der Waals surface area contributed by atoms with Crippen molar-refractivity contribution in [2.75, 3.05) is 13.1 Å². The Labute approximate surface area is 144 Å². The molecule has 3 aliphatic rings. The van der Waals surface area contributed by atoms with Gasteiger partial charge in [0, 0.05) is 19.1 Å². The lowest BCUT2D eigenvalue weighted by Gasteiger charge is -2.38. The maximum atomic E-state index is 12.6. The van der Waals surface area contributed by atoms with Crippen LogP contribution >= 0.6 is 11.6 Å². The molecule has 0 aromatic heterocycles. The number of hydrogen-bond acceptors (Lipinski definition) is 3. The topological polar surface area (TPSA) is 69.7 Å². The van der Waals surface area contributed by atoms with Gasteiger partial charge >= 0.3 is 0 Å². The minimum Gasteiger partial charge on any atom is -0.347 e. The molecule has 6 nitrogen and oxygen atoms in total. The summed E-state index contributed by atoms with van der Waals surface area (Å²) in [6.07, 6.45) is 2.09. The first-order valence-electron chi connectivity index (χ1n) is 8.22. The smallest absolute Gasteiger partial charge is 0.253 e. The number of rotatable bonds is 2. The van der Waals surface area contributed by atoms with Crippen LogP contribution in [0, 0.1) is 0 Å². The van der Waals surface area contributed by atoms with Crippen LogP contribution in [-0.4, -0.2) is 58.7 Å². The van der Waals surface area contributed by atoms with Crippen LogP contribution in [0.5, 0.6) is 0 Å². The third-order valence-corrected chi connectivity index (χ3v) is 5.47. The molecule has 0 saturated carbocycles. The molecular weight excluding hydrogens is 330 g/mol. The fraction of sp³-hybridized carbons (Fsp3) is 0.471. The predicted molar refractivity (Wildman–Crippen MR) is 87.6 cm³/mol. The summed E-state index contributed by atoms with van der Waals surface area (Å²) in [6.45, 7) is 1.05. The summed E-state index contributed by atoms with van der Waals surface area (Å²) in [5, 5.41) is 3.30. The average molecular weight is 348 g/mol. The Morgan fingerprint density at radius 1 is 1.12 bits per heavy atom. The van der Waals surface area contributed by atoms with Gasteiger partial charge in [-0.2, -0.15) is 0 Å². The Hall–Kier alpha value is -2.08. The van der Waals surface area contributed by atoms with Gasteiger partial charge in [0.1, 0.15) is 12.1 Å². The predicted octanol–water partition coefficient (Wildman–Crippen LogP) is 1.04. The van der Waals surface area contributed by atoms with Crippen LogP contribution in [0.15, 0.2) is 24.3 Å². The van der Waals surface area contributed by atoms with Gasteiger partial charge in [-0.05, 0) is 31.4 Å². The molecule has 0 unspecified atom stereocenters. The van der Waals surface area contributed by atoms with E-state index in [9.17, 15) is 14.4 Å². The summed E-state index contributed by atoms with van der Waals surface area (Å²) < 4.78 is 0. The molecular formula is C17H18ClN3O3. The van der Waals surface area contributed by atoms with Gasteiger partial charge in [-0.1, -0.05) is 23.7 Å². The molecule has 3 atom stereocenters. The number of hydrogen-bond donors (Lipinski definition) is 1. The van der Waals surface area contributed by atoms with Crippen LogP contribution in [0.1, 0.15) is 29.6 Å². The van der Waals surface area contributed by atoms with Crippen LogP contribution in [0.2, 0.25) is 5.02 Å². The van der Waals surface area contributed by atoms with E-state index in [0.717, 1.165) is 12.8 Å². The van der Waals surface area contributed by atoms with Crippen molar-refractivity contribution >= 4 is 29.3 Å². The molecule has 7 heteroatoms. The standard InChI is InChI=1S/C17H18ClN3O3/c18-12-5-2-1-4-11(12)15(22)19-10-8-14-17(24)20-7-3-6-13(20)16(23)21(14)9-10/h1-2,4-5,10,13-14H,3,6-9H2,(H,19,22)/t10-,13+,14-/m0/s1. The third-order valence-electron chi connectivity index (χ3n) is 5.14. The molecule has 3 fully saturated rings.